The van der Waals surface area contributed by atoms with Gasteiger partial charge in [-0.2, -0.15) is 5.10 Å². The fraction of sp³-hybridized carbons (Fsp3) is 0.136. The average Bonchev–Trinajstić information content (AvgIpc) is 3.40. The van der Waals surface area contributed by atoms with Gasteiger partial charge in [0.15, 0.2) is 5.82 Å². The van der Waals surface area contributed by atoms with Crippen molar-refractivity contribution in [3.8, 4) is 17.2 Å². The first-order valence-corrected chi connectivity index (χ1v) is 10.7. The molecule has 2 aromatic carbocycles. The van der Waals surface area contributed by atoms with Crippen LogP contribution in [0.1, 0.15) is 20.0 Å². The maximum absolute atomic E-state index is 12.8. The lowest BCUT2D eigenvalue weighted by Crippen LogP contribution is -2.17. The lowest BCUT2D eigenvalue weighted by Gasteiger charge is -2.09. The highest BCUT2D eigenvalue weighted by Crippen LogP contribution is 2.32. The summed E-state index contributed by atoms with van der Waals surface area (Å²) in [4.78, 5) is 25.6. The van der Waals surface area contributed by atoms with Crippen LogP contribution in [0.15, 0.2) is 48.5 Å². The second kappa shape index (κ2) is 9.54. The average molecular weight is 506 g/mol. The highest BCUT2D eigenvalue weighted by atomic mass is 32.1. The van der Waals surface area contributed by atoms with Crippen LogP contribution >= 0.6 is 11.3 Å². The van der Waals surface area contributed by atoms with Crippen molar-refractivity contribution in [2.75, 3.05) is 24.9 Å². The Hall–Kier alpha value is -4.26. The van der Waals surface area contributed by atoms with Crippen LogP contribution in [-0.4, -0.2) is 42.6 Å². The van der Waals surface area contributed by atoms with Gasteiger partial charge < -0.3 is 24.8 Å². The van der Waals surface area contributed by atoms with E-state index in [4.69, 9.17) is 9.47 Å². The summed E-state index contributed by atoms with van der Waals surface area (Å²) in [6.45, 7) is 0. The minimum Gasteiger partial charge on any atom is -0.497 e. The minimum absolute atomic E-state index is 0.0946. The Labute approximate surface area is 199 Å². The molecule has 0 aliphatic heterocycles. The number of nitrogens with zero attached hydrogens (tertiary/aromatic N) is 1. The van der Waals surface area contributed by atoms with E-state index in [0.717, 1.165) is 23.5 Å². The number of hydrogen-bond acceptors (Lipinski definition) is 7. The van der Waals surface area contributed by atoms with Gasteiger partial charge in [-0.15, -0.1) is 24.5 Å². The molecule has 13 heteroatoms. The fourth-order valence-electron chi connectivity index (χ4n) is 3.07. The molecule has 2 aromatic heterocycles. The minimum atomic E-state index is -4.83. The molecule has 0 fully saturated rings. The summed E-state index contributed by atoms with van der Waals surface area (Å²) in [6, 6.07) is 11.0. The molecule has 0 aliphatic carbocycles. The molecule has 0 aliphatic rings. The summed E-state index contributed by atoms with van der Waals surface area (Å²) < 4.78 is 51.6. The number of benzene rings is 2. The van der Waals surface area contributed by atoms with Gasteiger partial charge in [0.25, 0.3) is 11.8 Å². The van der Waals surface area contributed by atoms with E-state index in [2.05, 4.69) is 25.6 Å². The number of halogens is 3. The monoisotopic (exact) mass is 506 g/mol. The van der Waals surface area contributed by atoms with Gasteiger partial charge in [0.05, 0.1) is 29.3 Å². The van der Waals surface area contributed by atoms with E-state index >= 15 is 0 Å². The number of anilines is 2. The smallest absolute Gasteiger partial charge is 0.497 e. The molecule has 182 valence electrons. The largest absolute Gasteiger partial charge is 0.573 e. The summed E-state index contributed by atoms with van der Waals surface area (Å²) in [7, 11) is 2.99. The van der Waals surface area contributed by atoms with Gasteiger partial charge in [-0.05, 0) is 30.3 Å². The zero-order valence-electron chi connectivity index (χ0n) is 18.1. The predicted molar refractivity (Wildman–Crippen MR) is 123 cm³/mol. The van der Waals surface area contributed by atoms with Crippen molar-refractivity contribution in [1.29, 1.82) is 0 Å². The summed E-state index contributed by atoms with van der Waals surface area (Å²) in [5, 5.41) is 12.1. The first kappa shape index (κ1) is 23.9. The van der Waals surface area contributed by atoms with Gasteiger partial charge in [0.2, 0.25) is 0 Å². The highest BCUT2D eigenvalue weighted by molar-refractivity contribution is 7.21. The number of H-pyrrole nitrogens is 1. The second-order valence-electron chi connectivity index (χ2n) is 7.01. The van der Waals surface area contributed by atoms with Gasteiger partial charge in [0.1, 0.15) is 17.2 Å². The molecule has 2 heterocycles. The van der Waals surface area contributed by atoms with Gasteiger partial charge in [-0.25, -0.2) is 0 Å². The van der Waals surface area contributed by atoms with Crippen molar-refractivity contribution in [3.05, 3.63) is 59.0 Å². The van der Waals surface area contributed by atoms with E-state index in [9.17, 15) is 22.8 Å². The summed E-state index contributed by atoms with van der Waals surface area (Å²) in [6.07, 6.45) is -4.83. The number of amides is 2. The number of nitrogens with one attached hydrogen (secondary N) is 3. The molecule has 4 aromatic rings. The van der Waals surface area contributed by atoms with Crippen molar-refractivity contribution in [1.82, 2.24) is 10.2 Å². The summed E-state index contributed by atoms with van der Waals surface area (Å²) in [5.41, 5.74) is 1.08. The molecule has 35 heavy (non-hydrogen) atoms. The Kier molecular flexibility index (Phi) is 6.51. The third-order valence-electron chi connectivity index (χ3n) is 4.65. The molecule has 0 saturated carbocycles. The number of ether oxygens (including phenoxy) is 3. The van der Waals surface area contributed by atoms with E-state index in [1.807, 2.05) is 0 Å². The third-order valence-corrected chi connectivity index (χ3v) is 5.79. The predicted octanol–water partition coefficient (Wildman–Crippen LogP) is 5.04. The van der Waals surface area contributed by atoms with Crippen molar-refractivity contribution in [2.24, 2.45) is 0 Å². The van der Waals surface area contributed by atoms with Crippen LogP contribution in [0.2, 0.25) is 0 Å². The number of fused-ring (bicyclic) bond motifs is 1. The Morgan fingerprint density at radius 2 is 1.57 bits per heavy atom. The maximum atomic E-state index is 12.8. The molecule has 0 unspecified atom stereocenters. The number of aromatic amines is 1. The third kappa shape index (κ3) is 5.63. The van der Waals surface area contributed by atoms with Crippen molar-refractivity contribution in [2.45, 2.75) is 6.36 Å². The van der Waals surface area contributed by atoms with Crippen LogP contribution in [-0.2, 0) is 0 Å². The van der Waals surface area contributed by atoms with E-state index < -0.39 is 23.9 Å². The van der Waals surface area contributed by atoms with Crippen LogP contribution in [0.25, 0.3) is 10.2 Å². The molecule has 4 rings (SSSR count). The van der Waals surface area contributed by atoms with Crippen LogP contribution < -0.4 is 24.8 Å². The van der Waals surface area contributed by atoms with Gasteiger partial charge in [-0.3, -0.25) is 14.7 Å². The first-order chi connectivity index (χ1) is 16.6. The second-order valence-corrected chi connectivity index (χ2v) is 8.06. The molecular formula is C22H17F3N4O5S. The zero-order valence-corrected chi connectivity index (χ0v) is 19.0. The normalized spacial score (nSPS) is 11.2. The molecule has 2 amide bonds. The quantitative estimate of drug-likeness (QED) is 0.323. The lowest BCUT2D eigenvalue weighted by molar-refractivity contribution is -0.274. The molecule has 0 radical (unpaired) electrons. The SMILES string of the molecule is COc1cc(NC(=O)c2cc3[nH]nc(NC(=O)c4ccc(OC(F)(F)F)cc4)c3s2)cc(OC)c1. The fourth-order valence-corrected chi connectivity index (χ4v) is 4.02. The number of alkyl halides is 3. The number of carbonyl (C=O) groups excluding carboxylic acids is 2. The molecule has 0 spiro atoms. The number of carbonyl (C=O) groups is 2. The summed E-state index contributed by atoms with van der Waals surface area (Å²) >= 11 is 1.10. The standard InChI is InChI=1S/C22H17F3N4O5S/c1-32-14-7-12(8-15(9-14)33-2)26-21(31)17-10-16-18(35-17)19(29-28-16)27-20(30)11-3-5-13(6-4-11)34-22(23,24)25/h3-10H,1-2H3,(H,26,31)(H2,27,28,29,30). The molecule has 9 nitrogen and oxygen atoms in total. The number of thiophene rings is 1. The molecular weight excluding hydrogens is 489 g/mol. The van der Waals surface area contributed by atoms with E-state index in [0.29, 0.717) is 32.3 Å². The summed E-state index contributed by atoms with van der Waals surface area (Å²) in [5.74, 6) is -0.256. The van der Waals surface area contributed by atoms with Crippen LogP contribution in [0.5, 0.6) is 17.2 Å². The van der Waals surface area contributed by atoms with Gasteiger partial charge >= 0.3 is 6.36 Å². The highest BCUT2D eigenvalue weighted by Gasteiger charge is 2.31. The van der Waals surface area contributed by atoms with Gasteiger partial charge in [0, 0.05) is 29.4 Å². The van der Waals surface area contributed by atoms with Crippen molar-refractivity contribution < 1.29 is 37.0 Å². The molecule has 0 atom stereocenters. The van der Waals surface area contributed by atoms with Crippen LogP contribution in [0.3, 0.4) is 0 Å². The van der Waals surface area contributed by atoms with Crippen molar-refractivity contribution >= 4 is 44.9 Å². The maximum Gasteiger partial charge on any atom is 0.573 e. The Balaban J connectivity index is 1.48. The van der Waals surface area contributed by atoms with E-state index in [-0.39, 0.29) is 11.4 Å². The number of methoxy groups -OCH3 is 2. The number of aromatic nitrogens is 2. The lowest BCUT2D eigenvalue weighted by atomic mass is 10.2. The van der Waals surface area contributed by atoms with Crippen LogP contribution in [0.4, 0.5) is 24.7 Å². The Bertz CT molecular complexity index is 1360. The van der Waals surface area contributed by atoms with Gasteiger partial charge in [-0.1, -0.05) is 0 Å². The van der Waals surface area contributed by atoms with E-state index in [1.54, 1.807) is 24.3 Å². The number of rotatable bonds is 7. The Morgan fingerprint density at radius 1 is 0.914 bits per heavy atom. The van der Waals surface area contributed by atoms with E-state index in [1.165, 1.54) is 26.4 Å². The molecule has 3 N–H and O–H groups in total. The van der Waals surface area contributed by atoms with Crippen molar-refractivity contribution in [3.63, 3.8) is 0 Å². The first-order valence-electron chi connectivity index (χ1n) is 9.84. The molecule has 0 bridgehead atoms. The topological polar surface area (TPSA) is 115 Å². The Morgan fingerprint density at radius 3 is 2.17 bits per heavy atom. The zero-order chi connectivity index (χ0) is 25.2. The molecule has 0 saturated heterocycles. The number of hydrogen-bond donors (Lipinski definition) is 3. The van der Waals surface area contributed by atoms with Crippen LogP contribution in [0, 0.1) is 0 Å².